The van der Waals surface area contributed by atoms with Gasteiger partial charge in [-0.1, -0.05) is 12.1 Å². The Morgan fingerprint density at radius 3 is 2.39 bits per heavy atom. The standard InChI is InChI=1S/C11H16N2O4S/c1-8(2)18(16,17)13(7-11(14)15)10-6-4-3-5-9(10)12/h3-6,8H,7,12H2,1-2H3,(H,14,15). The second-order valence-electron chi connectivity index (χ2n) is 4.05. The first-order valence-corrected chi connectivity index (χ1v) is 6.85. The maximum Gasteiger partial charge on any atom is 0.324 e. The lowest BCUT2D eigenvalue weighted by molar-refractivity contribution is -0.135. The van der Waals surface area contributed by atoms with E-state index in [2.05, 4.69) is 0 Å². The predicted molar refractivity (Wildman–Crippen MR) is 69.9 cm³/mol. The van der Waals surface area contributed by atoms with Crippen LogP contribution in [0.25, 0.3) is 0 Å². The van der Waals surface area contributed by atoms with E-state index in [0.717, 1.165) is 4.31 Å². The van der Waals surface area contributed by atoms with Crippen LogP contribution in [0.1, 0.15) is 13.8 Å². The van der Waals surface area contributed by atoms with E-state index in [1.807, 2.05) is 0 Å². The van der Waals surface area contributed by atoms with Gasteiger partial charge in [-0.05, 0) is 26.0 Å². The molecule has 0 amide bonds. The fraction of sp³-hybridized carbons (Fsp3) is 0.364. The highest BCUT2D eigenvalue weighted by atomic mass is 32.2. The van der Waals surface area contributed by atoms with Gasteiger partial charge in [0.2, 0.25) is 10.0 Å². The van der Waals surface area contributed by atoms with Gasteiger partial charge in [0.25, 0.3) is 0 Å². The van der Waals surface area contributed by atoms with Crippen molar-refractivity contribution in [1.29, 1.82) is 0 Å². The monoisotopic (exact) mass is 272 g/mol. The molecule has 6 nitrogen and oxygen atoms in total. The van der Waals surface area contributed by atoms with Crippen LogP contribution in [0.2, 0.25) is 0 Å². The number of rotatable bonds is 5. The molecule has 0 spiro atoms. The minimum atomic E-state index is -3.74. The van der Waals surface area contributed by atoms with Crippen LogP contribution >= 0.6 is 0 Å². The molecule has 0 radical (unpaired) electrons. The van der Waals surface area contributed by atoms with E-state index in [9.17, 15) is 13.2 Å². The summed E-state index contributed by atoms with van der Waals surface area (Å²) in [7, 11) is -3.74. The summed E-state index contributed by atoms with van der Waals surface area (Å²) in [5.41, 5.74) is 6.11. The van der Waals surface area contributed by atoms with Crippen LogP contribution in [0.4, 0.5) is 11.4 Å². The molecule has 7 heteroatoms. The number of carboxylic acid groups (broad SMARTS) is 1. The average molecular weight is 272 g/mol. The van der Waals surface area contributed by atoms with E-state index in [4.69, 9.17) is 10.8 Å². The Labute approximate surface area is 106 Å². The van der Waals surface area contributed by atoms with Crippen molar-refractivity contribution in [3.8, 4) is 0 Å². The largest absolute Gasteiger partial charge is 0.480 e. The second-order valence-corrected chi connectivity index (χ2v) is 6.47. The molecule has 0 aliphatic rings. The van der Waals surface area contributed by atoms with Crippen molar-refractivity contribution in [1.82, 2.24) is 0 Å². The first-order valence-electron chi connectivity index (χ1n) is 5.34. The van der Waals surface area contributed by atoms with Gasteiger partial charge in [0.1, 0.15) is 6.54 Å². The van der Waals surface area contributed by atoms with E-state index in [-0.39, 0.29) is 11.4 Å². The fourth-order valence-electron chi connectivity index (χ4n) is 1.40. The molecule has 0 saturated carbocycles. The number of benzene rings is 1. The van der Waals surface area contributed by atoms with Gasteiger partial charge < -0.3 is 10.8 Å². The van der Waals surface area contributed by atoms with Crippen LogP contribution in [0, 0.1) is 0 Å². The molecule has 0 bridgehead atoms. The zero-order chi connectivity index (χ0) is 13.9. The number of anilines is 2. The van der Waals surface area contributed by atoms with Crippen molar-refractivity contribution in [2.45, 2.75) is 19.1 Å². The van der Waals surface area contributed by atoms with Crippen LogP contribution in [0.5, 0.6) is 0 Å². The summed E-state index contributed by atoms with van der Waals surface area (Å²) < 4.78 is 25.1. The number of carboxylic acids is 1. The molecule has 0 unspecified atom stereocenters. The van der Waals surface area contributed by atoms with Gasteiger partial charge in [-0.15, -0.1) is 0 Å². The number of nitrogens with zero attached hydrogens (tertiary/aromatic N) is 1. The van der Waals surface area contributed by atoms with Crippen LogP contribution in [0.3, 0.4) is 0 Å². The molecule has 0 heterocycles. The summed E-state index contributed by atoms with van der Waals surface area (Å²) in [4.78, 5) is 10.8. The third-order valence-electron chi connectivity index (χ3n) is 2.39. The molecule has 100 valence electrons. The lowest BCUT2D eigenvalue weighted by Gasteiger charge is -2.25. The van der Waals surface area contributed by atoms with E-state index in [1.54, 1.807) is 12.1 Å². The van der Waals surface area contributed by atoms with Crippen LogP contribution in [-0.4, -0.2) is 31.3 Å². The molecular formula is C11H16N2O4S. The second kappa shape index (κ2) is 5.26. The first kappa shape index (κ1) is 14.3. The third kappa shape index (κ3) is 2.92. The van der Waals surface area contributed by atoms with E-state index >= 15 is 0 Å². The summed E-state index contributed by atoms with van der Waals surface area (Å²) in [5, 5.41) is 8.11. The Balaban J connectivity index is 3.32. The minimum Gasteiger partial charge on any atom is -0.480 e. The minimum absolute atomic E-state index is 0.189. The van der Waals surface area contributed by atoms with Crippen molar-refractivity contribution < 1.29 is 18.3 Å². The van der Waals surface area contributed by atoms with Crippen molar-refractivity contribution in [2.24, 2.45) is 0 Å². The van der Waals surface area contributed by atoms with Crippen LogP contribution < -0.4 is 10.0 Å². The normalized spacial score (nSPS) is 11.5. The number of para-hydroxylation sites is 2. The smallest absolute Gasteiger partial charge is 0.324 e. The number of nitrogens with two attached hydrogens (primary N) is 1. The predicted octanol–water partition coefficient (Wildman–Crippen LogP) is 0.898. The SMILES string of the molecule is CC(C)S(=O)(=O)N(CC(=O)O)c1ccccc1N. The Morgan fingerprint density at radius 2 is 1.94 bits per heavy atom. The molecule has 0 atom stereocenters. The van der Waals surface area contributed by atoms with E-state index in [0.29, 0.717) is 0 Å². The van der Waals surface area contributed by atoms with E-state index in [1.165, 1.54) is 26.0 Å². The Hall–Kier alpha value is -1.76. The lowest BCUT2D eigenvalue weighted by atomic mass is 10.3. The Morgan fingerprint density at radius 1 is 1.39 bits per heavy atom. The van der Waals surface area contributed by atoms with E-state index < -0.39 is 27.8 Å². The number of carbonyl (C=O) groups is 1. The zero-order valence-corrected chi connectivity index (χ0v) is 11.0. The zero-order valence-electron chi connectivity index (χ0n) is 10.2. The van der Waals surface area contributed by atoms with Crippen molar-refractivity contribution in [3.05, 3.63) is 24.3 Å². The van der Waals surface area contributed by atoms with Crippen molar-refractivity contribution in [2.75, 3.05) is 16.6 Å². The molecule has 0 fully saturated rings. The maximum atomic E-state index is 12.1. The number of hydrogen-bond donors (Lipinski definition) is 2. The van der Waals surface area contributed by atoms with Gasteiger partial charge in [-0.3, -0.25) is 9.10 Å². The van der Waals surface area contributed by atoms with Gasteiger partial charge in [0.15, 0.2) is 0 Å². The average Bonchev–Trinajstić information content (AvgIpc) is 2.26. The molecule has 0 saturated heterocycles. The number of nitrogen functional groups attached to an aromatic ring is 1. The highest BCUT2D eigenvalue weighted by Crippen LogP contribution is 2.26. The molecule has 1 rings (SSSR count). The topological polar surface area (TPSA) is 101 Å². The molecular weight excluding hydrogens is 256 g/mol. The van der Waals surface area contributed by atoms with Gasteiger partial charge >= 0.3 is 5.97 Å². The van der Waals surface area contributed by atoms with Crippen molar-refractivity contribution in [3.63, 3.8) is 0 Å². The summed E-state index contributed by atoms with van der Waals surface area (Å²) in [6.07, 6.45) is 0. The third-order valence-corrected chi connectivity index (χ3v) is 4.52. The molecule has 1 aromatic carbocycles. The quantitative estimate of drug-likeness (QED) is 0.775. The summed E-state index contributed by atoms with van der Waals surface area (Å²) in [6.45, 7) is 2.33. The first-order chi connectivity index (χ1) is 8.26. The van der Waals surface area contributed by atoms with Crippen molar-refractivity contribution >= 4 is 27.4 Å². The van der Waals surface area contributed by atoms with Gasteiger partial charge in [-0.25, -0.2) is 8.42 Å². The molecule has 0 aromatic heterocycles. The van der Waals surface area contributed by atoms with Gasteiger partial charge in [0, 0.05) is 0 Å². The molecule has 0 aliphatic heterocycles. The van der Waals surface area contributed by atoms with Gasteiger partial charge in [0.05, 0.1) is 16.6 Å². The highest BCUT2D eigenvalue weighted by Gasteiger charge is 2.29. The Bertz CT molecular complexity index is 540. The molecule has 0 aliphatic carbocycles. The Kier molecular flexibility index (Phi) is 4.18. The summed E-state index contributed by atoms with van der Waals surface area (Å²) >= 11 is 0. The molecule has 3 N–H and O–H groups in total. The molecule has 1 aromatic rings. The summed E-state index contributed by atoms with van der Waals surface area (Å²) in [6, 6.07) is 6.27. The number of sulfonamides is 1. The van der Waals surface area contributed by atoms with Crippen LogP contribution in [-0.2, 0) is 14.8 Å². The summed E-state index contributed by atoms with van der Waals surface area (Å²) in [5.74, 6) is -1.23. The van der Waals surface area contributed by atoms with Gasteiger partial charge in [-0.2, -0.15) is 0 Å². The van der Waals surface area contributed by atoms with Crippen LogP contribution in [0.15, 0.2) is 24.3 Å². The lowest BCUT2D eigenvalue weighted by Crippen LogP contribution is -2.40. The maximum absolute atomic E-state index is 12.1. The number of hydrogen-bond acceptors (Lipinski definition) is 4. The fourth-order valence-corrected chi connectivity index (χ4v) is 2.64. The molecule has 18 heavy (non-hydrogen) atoms. The highest BCUT2D eigenvalue weighted by molar-refractivity contribution is 7.93. The number of aliphatic carboxylic acids is 1.